The van der Waals surface area contributed by atoms with E-state index in [1.54, 1.807) is 18.3 Å². The monoisotopic (exact) mass is 429 g/mol. The van der Waals surface area contributed by atoms with Crippen molar-refractivity contribution in [1.29, 1.82) is 0 Å². The minimum atomic E-state index is -3.77. The summed E-state index contributed by atoms with van der Waals surface area (Å²) in [5.74, 6) is -0.0634. The summed E-state index contributed by atoms with van der Waals surface area (Å²) in [7, 11) is -3.77. The highest BCUT2D eigenvalue weighted by atomic mass is 32.2. The van der Waals surface area contributed by atoms with Crippen molar-refractivity contribution in [2.45, 2.75) is 36.2 Å². The third-order valence-electron chi connectivity index (χ3n) is 5.75. The van der Waals surface area contributed by atoms with Gasteiger partial charge in [0.1, 0.15) is 0 Å². The Bertz CT molecular complexity index is 1220. The smallest absolute Gasteiger partial charge is 0.238 e. The number of rotatable bonds is 4. The molecule has 9 nitrogen and oxygen atoms in total. The van der Waals surface area contributed by atoms with Crippen LogP contribution >= 0.6 is 0 Å². The number of benzene rings is 1. The van der Waals surface area contributed by atoms with Crippen LogP contribution in [0.3, 0.4) is 0 Å². The van der Waals surface area contributed by atoms with Crippen molar-refractivity contribution in [3.8, 4) is 0 Å². The molecule has 156 valence electrons. The van der Waals surface area contributed by atoms with E-state index in [-0.39, 0.29) is 28.2 Å². The third kappa shape index (κ3) is 3.10. The summed E-state index contributed by atoms with van der Waals surface area (Å²) in [6.45, 7) is 2.63. The molecule has 3 heterocycles. The molecule has 3 N–H and O–H groups in total. The zero-order valence-corrected chi connectivity index (χ0v) is 17.0. The summed E-state index contributed by atoms with van der Waals surface area (Å²) in [5, 5.41) is 12.6. The second-order valence-corrected chi connectivity index (χ2v) is 9.32. The lowest BCUT2D eigenvalue weighted by molar-refractivity contribution is 0.346. The second-order valence-electron chi connectivity index (χ2n) is 7.76. The van der Waals surface area contributed by atoms with E-state index in [0.717, 1.165) is 24.7 Å². The molecule has 1 spiro atoms. The van der Waals surface area contributed by atoms with E-state index >= 15 is 0 Å². The number of hydrogen-bond donors (Lipinski definition) is 2. The lowest BCUT2D eigenvalue weighted by Gasteiger charge is -2.40. The van der Waals surface area contributed by atoms with Crippen LogP contribution in [0.5, 0.6) is 0 Å². The first-order chi connectivity index (χ1) is 14.3. The average molecular weight is 429 g/mol. The Morgan fingerprint density at radius 2 is 1.97 bits per heavy atom. The fraction of sp³-hybridized carbons (Fsp3) is 0.316. The zero-order valence-electron chi connectivity index (χ0n) is 16.2. The Kier molecular flexibility index (Phi) is 4.09. The van der Waals surface area contributed by atoms with Gasteiger partial charge in [-0.3, -0.25) is 4.68 Å². The predicted octanol–water partition coefficient (Wildman–Crippen LogP) is 2.27. The second kappa shape index (κ2) is 6.47. The van der Waals surface area contributed by atoms with Crippen LogP contribution in [-0.2, 0) is 15.6 Å². The lowest BCUT2D eigenvalue weighted by atomic mass is 10.1. The highest BCUT2D eigenvalue weighted by molar-refractivity contribution is 7.89. The third-order valence-corrected chi connectivity index (χ3v) is 6.67. The number of nitrogens with two attached hydrogens (primary N) is 1. The molecule has 1 aliphatic heterocycles. The minimum Gasteiger partial charge on any atom is -0.343 e. The van der Waals surface area contributed by atoms with Crippen LogP contribution in [0.1, 0.15) is 31.5 Å². The van der Waals surface area contributed by atoms with Crippen molar-refractivity contribution in [2.24, 2.45) is 5.14 Å². The molecule has 0 bridgehead atoms. The molecule has 3 aromatic rings. The SMILES string of the molecule is C[C@H]1c2ccnn2C2(CC2)CN1c1nc(Nc2ccc(S(N)(=O)=O)cc2)ncc1F. The van der Waals surface area contributed by atoms with Crippen molar-refractivity contribution < 1.29 is 12.8 Å². The minimum absolute atomic E-state index is 0.00208. The van der Waals surface area contributed by atoms with Gasteiger partial charge in [-0.25, -0.2) is 22.9 Å². The average Bonchev–Trinajstić information content (AvgIpc) is 3.29. The first-order valence-electron chi connectivity index (χ1n) is 9.50. The van der Waals surface area contributed by atoms with Crippen molar-refractivity contribution in [1.82, 2.24) is 19.7 Å². The first kappa shape index (κ1) is 18.9. The number of aromatic nitrogens is 4. The lowest BCUT2D eigenvalue weighted by Crippen LogP contribution is -2.45. The molecular weight excluding hydrogens is 409 g/mol. The fourth-order valence-corrected chi connectivity index (χ4v) is 4.47. The Labute approximate surface area is 172 Å². The summed E-state index contributed by atoms with van der Waals surface area (Å²) in [4.78, 5) is 10.4. The van der Waals surface area contributed by atoms with Crippen molar-refractivity contribution in [3.05, 3.63) is 54.2 Å². The van der Waals surface area contributed by atoms with E-state index in [0.29, 0.717) is 12.2 Å². The number of anilines is 3. The largest absolute Gasteiger partial charge is 0.343 e. The quantitative estimate of drug-likeness (QED) is 0.653. The number of sulfonamides is 1. The normalized spacial score (nSPS) is 19.6. The van der Waals surface area contributed by atoms with Crippen LogP contribution in [0.2, 0.25) is 0 Å². The van der Waals surface area contributed by atoms with E-state index < -0.39 is 15.8 Å². The van der Waals surface area contributed by atoms with Crippen LogP contribution in [0.4, 0.5) is 21.8 Å². The van der Waals surface area contributed by atoms with E-state index in [1.807, 2.05) is 17.9 Å². The van der Waals surface area contributed by atoms with E-state index in [1.165, 1.54) is 12.1 Å². The fourth-order valence-electron chi connectivity index (χ4n) is 3.96. The molecule has 1 aromatic carbocycles. The molecule has 0 radical (unpaired) electrons. The molecule has 2 aromatic heterocycles. The summed E-state index contributed by atoms with van der Waals surface area (Å²) in [6, 6.07) is 7.73. The molecule has 5 rings (SSSR count). The molecule has 0 unspecified atom stereocenters. The number of halogens is 1. The van der Waals surface area contributed by atoms with Gasteiger partial charge in [0, 0.05) is 18.4 Å². The van der Waals surface area contributed by atoms with Crippen LogP contribution < -0.4 is 15.4 Å². The van der Waals surface area contributed by atoms with Crippen LogP contribution in [0, 0.1) is 5.82 Å². The molecule has 0 saturated heterocycles. The van der Waals surface area contributed by atoms with Crippen molar-refractivity contribution in [2.75, 3.05) is 16.8 Å². The van der Waals surface area contributed by atoms with Crippen molar-refractivity contribution in [3.63, 3.8) is 0 Å². The van der Waals surface area contributed by atoms with E-state index in [4.69, 9.17) is 5.14 Å². The standard InChI is InChI=1S/C19H20FN7O2S/c1-12-16-6-9-23-27(16)19(7-8-19)11-26(12)17-15(20)10-22-18(25-17)24-13-2-4-14(5-3-13)30(21,28)29/h2-6,9-10,12H,7-8,11H2,1H3,(H2,21,28,29)(H,22,24,25)/t12-/m0/s1. The summed E-state index contributed by atoms with van der Waals surface area (Å²) in [6.07, 6.45) is 4.92. The zero-order chi connectivity index (χ0) is 21.1. The van der Waals surface area contributed by atoms with E-state index in [2.05, 4.69) is 25.1 Å². The number of nitrogens with zero attached hydrogens (tertiary/aromatic N) is 5. The predicted molar refractivity (Wildman–Crippen MR) is 108 cm³/mol. The summed E-state index contributed by atoms with van der Waals surface area (Å²) < 4.78 is 39.6. The summed E-state index contributed by atoms with van der Waals surface area (Å²) in [5.41, 5.74) is 1.49. The van der Waals surface area contributed by atoms with Gasteiger partial charge in [-0.1, -0.05) is 0 Å². The van der Waals surface area contributed by atoms with Crippen molar-refractivity contribution >= 4 is 27.5 Å². The van der Waals surface area contributed by atoms with Gasteiger partial charge in [0.25, 0.3) is 0 Å². The Morgan fingerprint density at radius 3 is 2.63 bits per heavy atom. The summed E-state index contributed by atoms with van der Waals surface area (Å²) >= 11 is 0. The van der Waals surface area contributed by atoms with Crippen LogP contribution in [-0.4, -0.2) is 34.7 Å². The maximum absolute atomic E-state index is 14.7. The van der Waals surface area contributed by atoms with Gasteiger partial charge < -0.3 is 10.2 Å². The molecule has 2 aliphatic rings. The first-order valence-corrected chi connectivity index (χ1v) is 11.0. The molecule has 0 amide bonds. The number of fused-ring (bicyclic) bond motifs is 2. The molecular formula is C19H20FN7O2S. The molecule has 30 heavy (non-hydrogen) atoms. The maximum atomic E-state index is 14.7. The molecule has 11 heteroatoms. The highest BCUT2D eigenvalue weighted by Crippen LogP contribution is 2.50. The highest BCUT2D eigenvalue weighted by Gasteiger charge is 2.52. The molecule has 1 saturated carbocycles. The number of primary sulfonamides is 1. The molecule has 1 fully saturated rings. The molecule has 1 atom stereocenters. The van der Waals surface area contributed by atoms with E-state index in [9.17, 15) is 12.8 Å². The molecule has 1 aliphatic carbocycles. The number of nitrogens with one attached hydrogen (secondary N) is 1. The van der Waals surface area contributed by atoms with Gasteiger partial charge in [-0.05, 0) is 50.1 Å². The Hall–Kier alpha value is -3.05. The van der Waals surface area contributed by atoms with Crippen LogP contribution in [0.25, 0.3) is 0 Å². The van der Waals surface area contributed by atoms with Gasteiger partial charge in [0.05, 0.1) is 28.4 Å². The van der Waals surface area contributed by atoms with Gasteiger partial charge in [-0.15, -0.1) is 0 Å². The van der Waals surface area contributed by atoms with Gasteiger partial charge >= 0.3 is 0 Å². The van der Waals surface area contributed by atoms with Gasteiger partial charge in [-0.2, -0.15) is 10.1 Å². The Morgan fingerprint density at radius 1 is 1.23 bits per heavy atom. The Balaban J connectivity index is 1.45. The van der Waals surface area contributed by atoms with Gasteiger partial charge in [0.15, 0.2) is 11.6 Å². The van der Waals surface area contributed by atoms with Crippen LogP contribution in [0.15, 0.2) is 47.6 Å². The topological polar surface area (TPSA) is 119 Å². The van der Waals surface area contributed by atoms with Gasteiger partial charge in [0.2, 0.25) is 16.0 Å². The maximum Gasteiger partial charge on any atom is 0.238 e. The number of hydrogen-bond acceptors (Lipinski definition) is 7.